The summed E-state index contributed by atoms with van der Waals surface area (Å²) in [7, 11) is 3.52. The number of guanidine groups is 1. The summed E-state index contributed by atoms with van der Waals surface area (Å²) in [6.45, 7) is 5.47. The van der Waals surface area contributed by atoms with Gasteiger partial charge in [-0.2, -0.15) is 0 Å². The maximum absolute atomic E-state index is 11.5. The Morgan fingerprint density at radius 3 is 2.58 bits per heavy atom. The summed E-state index contributed by atoms with van der Waals surface area (Å²) in [5, 5.41) is 6.13. The van der Waals surface area contributed by atoms with Crippen LogP contribution in [0.2, 0.25) is 0 Å². The second-order valence-electron chi connectivity index (χ2n) is 6.80. The summed E-state index contributed by atoms with van der Waals surface area (Å²) in [4.78, 5) is 18.2. The van der Waals surface area contributed by atoms with Crippen molar-refractivity contribution >= 4 is 11.9 Å². The van der Waals surface area contributed by atoms with Gasteiger partial charge in [0.15, 0.2) is 5.96 Å². The van der Waals surface area contributed by atoms with E-state index in [1.54, 1.807) is 7.05 Å². The highest BCUT2D eigenvalue weighted by Gasteiger charge is 2.22. The molecule has 0 radical (unpaired) electrons. The minimum atomic E-state index is 0.138. The Balaban J connectivity index is 1.63. The minimum Gasteiger partial charge on any atom is -0.494 e. The van der Waals surface area contributed by atoms with Crippen LogP contribution in [-0.2, 0) is 4.79 Å². The topological polar surface area (TPSA) is 66.0 Å². The number of likely N-dealkylation sites (tertiary alicyclic amines) is 1. The van der Waals surface area contributed by atoms with Crippen LogP contribution < -0.4 is 15.4 Å². The van der Waals surface area contributed by atoms with Gasteiger partial charge in [0.05, 0.1) is 6.61 Å². The first-order valence-corrected chi connectivity index (χ1v) is 9.48. The molecule has 1 fully saturated rings. The van der Waals surface area contributed by atoms with E-state index in [1.807, 2.05) is 19.2 Å². The zero-order valence-corrected chi connectivity index (χ0v) is 16.3. The monoisotopic (exact) mass is 360 g/mol. The van der Waals surface area contributed by atoms with Gasteiger partial charge >= 0.3 is 0 Å². The van der Waals surface area contributed by atoms with Crippen LogP contribution in [-0.4, -0.2) is 57.1 Å². The van der Waals surface area contributed by atoms with Gasteiger partial charge in [-0.1, -0.05) is 17.7 Å². The smallest absolute Gasteiger partial charge is 0.220 e. The second-order valence-corrected chi connectivity index (χ2v) is 6.80. The van der Waals surface area contributed by atoms with E-state index in [-0.39, 0.29) is 5.91 Å². The van der Waals surface area contributed by atoms with Gasteiger partial charge in [0.1, 0.15) is 5.75 Å². The molecule has 1 saturated heterocycles. The number of aryl methyl sites for hydroxylation is 1. The second kappa shape index (κ2) is 10.7. The highest BCUT2D eigenvalue weighted by Crippen LogP contribution is 2.20. The van der Waals surface area contributed by atoms with E-state index in [9.17, 15) is 4.79 Å². The standard InChI is InChI=1S/C20H32N4O2/c1-16-5-7-18(8-6-16)26-14-4-11-23-20(22-3)24-12-9-17(10-13-24)15-19(25)21-2/h5-8,17H,4,9-15H2,1-3H3,(H,21,25)(H,22,23). The molecule has 0 atom stereocenters. The first-order chi connectivity index (χ1) is 12.6. The number of aliphatic imine (C=N–C) groups is 1. The molecule has 0 unspecified atom stereocenters. The molecule has 2 N–H and O–H groups in total. The predicted octanol–water partition coefficient (Wildman–Crippen LogP) is 2.19. The molecule has 6 nitrogen and oxygen atoms in total. The van der Waals surface area contributed by atoms with Crippen LogP contribution in [0.3, 0.4) is 0 Å². The third-order valence-corrected chi connectivity index (χ3v) is 4.77. The number of carbonyl (C=O) groups excluding carboxylic acids is 1. The van der Waals surface area contributed by atoms with Crippen LogP contribution in [0.25, 0.3) is 0 Å². The SMILES string of the molecule is CN=C(NCCCOc1ccc(C)cc1)N1CCC(CC(=O)NC)CC1. The first kappa shape index (κ1) is 20.1. The zero-order valence-electron chi connectivity index (χ0n) is 16.3. The van der Waals surface area contributed by atoms with Crippen LogP contribution in [0, 0.1) is 12.8 Å². The molecule has 0 bridgehead atoms. The lowest BCUT2D eigenvalue weighted by atomic mass is 9.93. The van der Waals surface area contributed by atoms with Crippen molar-refractivity contribution < 1.29 is 9.53 Å². The number of nitrogens with zero attached hydrogens (tertiary/aromatic N) is 2. The molecule has 26 heavy (non-hydrogen) atoms. The van der Waals surface area contributed by atoms with E-state index in [1.165, 1.54) is 5.56 Å². The fraction of sp³-hybridized carbons (Fsp3) is 0.600. The number of benzene rings is 1. The molecule has 144 valence electrons. The number of nitrogens with one attached hydrogen (secondary N) is 2. The summed E-state index contributed by atoms with van der Waals surface area (Å²) in [6, 6.07) is 8.13. The van der Waals surface area contributed by atoms with E-state index >= 15 is 0 Å². The van der Waals surface area contributed by atoms with Crippen molar-refractivity contribution in [3.63, 3.8) is 0 Å². The lowest BCUT2D eigenvalue weighted by Gasteiger charge is -2.34. The summed E-state index contributed by atoms with van der Waals surface area (Å²) in [5.74, 6) is 2.48. The van der Waals surface area contributed by atoms with E-state index in [0.29, 0.717) is 18.9 Å². The van der Waals surface area contributed by atoms with E-state index < -0.39 is 0 Å². The normalized spacial score (nSPS) is 15.7. The molecule has 1 aromatic rings. The highest BCUT2D eigenvalue weighted by molar-refractivity contribution is 5.80. The van der Waals surface area contributed by atoms with Crippen molar-refractivity contribution in [3.8, 4) is 5.75 Å². The molecule has 6 heteroatoms. The van der Waals surface area contributed by atoms with Gasteiger partial charge < -0.3 is 20.3 Å². The quantitative estimate of drug-likeness (QED) is 0.444. The Kier molecular flexibility index (Phi) is 8.25. The van der Waals surface area contributed by atoms with Gasteiger partial charge in [0.2, 0.25) is 5.91 Å². The van der Waals surface area contributed by atoms with Crippen molar-refractivity contribution in [1.29, 1.82) is 0 Å². The van der Waals surface area contributed by atoms with Gasteiger partial charge in [-0.15, -0.1) is 0 Å². The number of hydrogen-bond acceptors (Lipinski definition) is 3. The molecule has 1 aromatic carbocycles. The predicted molar refractivity (Wildman–Crippen MR) is 106 cm³/mol. The Bertz CT molecular complexity index is 578. The van der Waals surface area contributed by atoms with Gasteiger partial charge in [-0.25, -0.2) is 0 Å². The van der Waals surface area contributed by atoms with Gasteiger partial charge in [-0.3, -0.25) is 9.79 Å². The van der Waals surface area contributed by atoms with Crippen LogP contribution in [0.5, 0.6) is 5.75 Å². The average molecular weight is 361 g/mol. The van der Waals surface area contributed by atoms with E-state index in [2.05, 4.69) is 39.6 Å². The van der Waals surface area contributed by atoms with Crippen LogP contribution in [0.1, 0.15) is 31.2 Å². The number of rotatable bonds is 7. The third-order valence-electron chi connectivity index (χ3n) is 4.77. The number of hydrogen-bond donors (Lipinski definition) is 2. The lowest BCUT2D eigenvalue weighted by molar-refractivity contribution is -0.121. The summed E-state index contributed by atoms with van der Waals surface area (Å²) in [5.41, 5.74) is 1.24. The Hall–Kier alpha value is -2.24. The highest BCUT2D eigenvalue weighted by atomic mass is 16.5. The van der Waals surface area contributed by atoms with Crippen molar-refractivity contribution in [1.82, 2.24) is 15.5 Å². The minimum absolute atomic E-state index is 0.138. The lowest BCUT2D eigenvalue weighted by Crippen LogP contribution is -2.46. The van der Waals surface area contributed by atoms with Crippen LogP contribution in [0.15, 0.2) is 29.3 Å². The largest absolute Gasteiger partial charge is 0.494 e. The average Bonchev–Trinajstić information content (AvgIpc) is 2.67. The molecule has 0 aromatic heterocycles. The number of piperidine rings is 1. The number of carbonyl (C=O) groups is 1. The fourth-order valence-corrected chi connectivity index (χ4v) is 3.14. The van der Waals surface area contributed by atoms with Crippen LogP contribution >= 0.6 is 0 Å². The first-order valence-electron chi connectivity index (χ1n) is 9.48. The molecule has 1 aliphatic heterocycles. The Morgan fingerprint density at radius 2 is 1.96 bits per heavy atom. The van der Waals surface area contributed by atoms with Crippen molar-refractivity contribution in [3.05, 3.63) is 29.8 Å². The van der Waals surface area contributed by atoms with Crippen molar-refractivity contribution in [2.24, 2.45) is 10.9 Å². The van der Waals surface area contributed by atoms with E-state index in [4.69, 9.17) is 4.74 Å². The Labute approximate surface area is 157 Å². The zero-order chi connectivity index (χ0) is 18.8. The Morgan fingerprint density at radius 1 is 1.27 bits per heavy atom. The fourth-order valence-electron chi connectivity index (χ4n) is 3.14. The van der Waals surface area contributed by atoms with E-state index in [0.717, 1.165) is 50.6 Å². The maximum atomic E-state index is 11.5. The molecular formula is C20H32N4O2. The van der Waals surface area contributed by atoms with Crippen molar-refractivity contribution in [2.45, 2.75) is 32.6 Å². The molecular weight excluding hydrogens is 328 g/mol. The molecule has 2 rings (SSSR count). The third kappa shape index (κ3) is 6.58. The number of amides is 1. The molecule has 1 heterocycles. The molecule has 0 saturated carbocycles. The molecule has 0 spiro atoms. The van der Waals surface area contributed by atoms with Gasteiger partial charge in [-0.05, 0) is 44.2 Å². The molecule has 0 aliphatic carbocycles. The summed E-state index contributed by atoms with van der Waals surface area (Å²) < 4.78 is 5.75. The maximum Gasteiger partial charge on any atom is 0.220 e. The molecule has 1 aliphatic rings. The van der Waals surface area contributed by atoms with Crippen molar-refractivity contribution in [2.75, 3.05) is 40.3 Å². The van der Waals surface area contributed by atoms with Gasteiger partial charge in [0.25, 0.3) is 0 Å². The molecule has 1 amide bonds. The summed E-state index contributed by atoms with van der Waals surface area (Å²) >= 11 is 0. The number of ether oxygens (including phenoxy) is 1. The summed E-state index contributed by atoms with van der Waals surface area (Å²) in [6.07, 6.45) is 3.61. The van der Waals surface area contributed by atoms with Crippen LogP contribution in [0.4, 0.5) is 0 Å². The van der Waals surface area contributed by atoms with Gasteiger partial charge in [0, 0.05) is 40.2 Å².